The second kappa shape index (κ2) is 3.33. The Hall–Kier alpha value is -1.84. The van der Waals surface area contributed by atoms with Crippen LogP contribution in [0.15, 0.2) is 29.1 Å². The summed E-state index contributed by atoms with van der Waals surface area (Å²) in [4.78, 5) is 24.3. The number of hydrogen-bond donors (Lipinski definition) is 0. The van der Waals surface area contributed by atoms with E-state index in [-0.39, 0.29) is 11.5 Å². The number of carbonyl (C=O) groups excluding carboxylic acids is 1. The van der Waals surface area contributed by atoms with E-state index in [9.17, 15) is 9.59 Å². The summed E-state index contributed by atoms with van der Waals surface area (Å²) < 4.78 is 1.81. The molecule has 1 amide bonds. The van der Waals surface area contributed by atoms with Crippen LogP contribution in [0.4, 0.5) is 0 Å². The number of fused-ring (bicyclic) bond motifs is 3. The maximum absolute atomic E-state index is 11.7. The summed E-state index contributed by atoms with van der Waals surface area (Å²) in [5.74, 6) is 0.279. The maximum atomic E-state index is 11.7. The van der Waals surface area contributed by atoms with Crippen molar-refractivity contribution in [3.8, 4) is 0 Å². The predicted molar refractivity (Wildman–Crippen MR) is 59.8 cm³/mol. The maximum Gasteiger partial charge on any atom is 0.250 e. The van der Waals surface area contributed by atoms with Gasteiger partial charge in [-0.05, 0) is 11.6 Å². The van der Waals surface area contributed by atoms with Crippen LogP contribution in [0, 0.1) is 5.92 Å². The Kier molecular flexibility index (Phi) is 1.96. The van der Waals surface area contributed by atoms with E-state index in [2.05, 4.69) is 6.08 Å². The third-order valence-corrected chi connectivity index (χ3v) is 3.22. The van der Waals surface area contributed by atoms with E-state index in [0.717, 1.165) is 17.7 Å². The Morgan fingerprint density at radius 3 is 3.00 bits per heavy atom. The molecule has 3 heterocycles. The normalized spacial score (nSPS) is 22.4. The number of amides is 1. The molecule has 82 valence electrons. The van der Waals surface area contributed by atoms with E-state index in [4.69, 9.17) is 0 Å². The number of aromatic nitrogens is 1. The fourth-order valence-electron chi connectivity index (χ4n) is 2.56. The van der Waals surface area contributed by atoms with E-state index < -0.39 is 0 Å². The molecule has 0 aliphatic carbocycles. The first-order valence-corrected chi connectivity index (χ1v) is 5.38. The van der Waals surface area contributed by atoms with E-state index in [1.165, 1.54) is 0 Å². The summed E-state index contributed by atoms with van der Waals surface area (Å²) in [5.41, 5.74) is 2.09. The van der Waals surface area contributed by atoms with Gasteiger partial charge in [-0.3, -0.25) is 9.59 Å². The molecule has 0 spiro atoms. The lowest BCUT2D eigenvalue weighted by Gasteiger charge is -2.35. The first kappa shape index (κ1) is 9.39. The van der Waals surface area contributed by atoms with Gasteiger partial charge in [0.15, 0.2) is 0 Å². The molecular formula is C12H12N2O2. The van der Waals surface area contributed by atoms with Crippen LogP contribution in [-0.2, 0) is 11.3 Å². The van der Waals surface area contributed by atoms with Crippen molar-refractivity contribution < 1.29 is 4.79 Å². The van der Waals surface area contributed by atoms with Gasteiger partial charge >= 0.3 is 0 Å². The average Bonchev–Trinajstić information content (AvgIpc) is 2.30. The van der Waals surface area contributed by atoms with Crippen LogP contribution in [0.1, 0.15) is 5.69 Å². The molecule has 0 saturated carbocycles. The lowest BCUT2D eigenvalue weighted by atomic mass is 9.93. The molecular weight excluding hydrogens is 204 g/mol. The zero-order valence-electron chi connectivity index (χ0n) is 8.80. The first-order chi connectivity index (χ1) is 7.78. The molecule has 0 fully saturated rings. The van der Waals surface area contributed by atoms with Gasteiger partial charge in [-0.2, -0.15) is 0 Å². The summed E-state index contributed by atoms with van der Waals surface area (Å²) in [6.45, 7) is 2.01. The van der Waals surface area contributed by atoms with Crippen molar-refractivity contribution in [1.29, 1.82) is 0 Å². The third-order valence-electron chi connectivity index (χ3n) is 3.22. The molecule has 0 aromatic carbocycles. The van der Waals surface area contributed by atoms with Gasteiger partial charge in [0.2, 0.25) is 6.41 Å². The van der Waals surface area contributed by atoms with Crippen LogP contribution in [0.5, 0.6) is 0 Å². The second-order valence-electron chi connectivity index (χ2n) is 4.35. The van der Waals surface area contributed by atoms with Crippen LogP contribution in [0.25, 0.3) is 5.57 Å². The van der Waals surface area contributed by atoms with Crippen LogP contribution in [0.3, 0.4) is 0 Å². The van der Waals surface area contributed by atoms with Crippen LogP contribution >= 0.6 is 0 Å². The smallest absolute Gasteiger partial charge is 0.250 e. The van der Waals surface area contributed by atoms with E-state index in [0.29, 0.717) is 19.6 Å². The molecule has 4 heteroatoms. The van der Waals surface area contributed by atoms with Gasteiger partial charge in [-0.15, -0.1) is 0 Å². The first-order valence-electron chi connectivity index (χ1n) is 5.38. The molecule has 2 aliphatic heterocycles. The van der Waals surface area contributed by atoms with E-state index >= 15 is 0 Å². The molecule has 0 N–H and O–H groups in total. The SMILES string of the molecule is O=CN1CC2=CC(C1)Cn1c2cccc1=O. The summed E-state index contributed by atoms with van der Waals surface area (Å²) in [7, 11) is 0. The number of rotatable bonds is 1. The minimum Gasteiger partial charge on any atom is -0.340 e. The topological polar surface area (TPSA) is 42.3 Å². The molecule has 0 saturated heterocycles. The summed E-state index contributed by atoms with van der Waals surface area (Å²) in [5, 5.41) is 0. The highest BCUT2D eigenvalue weighted by Gasteiger charge is 2.26. The largest absolute Gasteiger partial charge is 0.340 e. The van der Waals surface area contributed by atoms with Crippen molar-refractivity contribution in [2.24, 2.45) is 5.92 Å². The average molecular weight is 216 g/mol. The molecule has 4 nitrogen and oxygen atoms in total. The van der Waals surface area contributed by atoms with Crippen LogP contribution in [-0.4, -0.2) is 29.0 Å². The van der Waals surface area contributed by atoms with Crippen LogP contribution < -0.4 is 5.56 Å². The summed E-state index contributed by atoms with van der Waals surface area (Å²) >= 11 is 0. The number of pyridine rings is 1. The number of nitrogens with zero attached hydrogens (tertiary/aromatic N) is 2. The fraction of sp³-hybridized carbons (Fsp3) is 0.333. The number of carbonyl (C=O) groups is 1. The number of hydrogen-bond acceptors (Lipinski definition) is 2. The van der Waals surface area contributed by atoms with Crippen LogP contribution in [0.2, 0.25) is 0 Å². The van der Waals surface area contributed by atoms with Gasteiger partial charge in [-0.25, -0.2) is 0 Å². The van der Waals surface area contributed by atoms with Crippen molar-refractivity contribution in [2.75, 3.05) is 13.1 Å². The molecule has 1 atom stereocenters. The molecule has 1 aromatic heterocycles. The summed E-state index contributed by atoms with van der Waals surface area (Å²) in [6.07, 6.45) is 3.07. The third kappa shape index (κ3) is 1.30. The van der Waals surface area contributed by atoms with Crippen molar-refractivity contribution in [3.63, 3.8) is 0 Å². The second-order valence-corrected chi connectivity index (χ2v) is 4.35. The van der Waals surface area contributed by atoms with Gasteiger partial charge in [0.1, 0.15) is 0 Å². The minimum absolute atomic E-state index is 0.0488. The lowest BCUT2D eigenvalue weighted by Crippen LogP contribution is -2.41. The summed E-state index contributed by atoms with van der Waals surface area (Å²) in [6, 6.07) is 5.30. The fourth-order valence-corrected chi connectivity index (χ4v) is 2.56. The molecule has 1 unspecified atom stereocenters. The Labute approximate surface area is 92.8 Å². The quantitative estimate of drug-likeness (QED) is 0.635. The Morgan fingerprint density at radius 2 is 2.19 bits per heavy atom. The van der Waals surface area contributed by atoms with E-state index in [1.54, 1.807) is 17.0 Å². The Morgan fingerprint density at radius 1 is 1.31 bits per heavy atom. The lowest BCUT2D eigenvalue weighted by molar-refractivity contribution is -0.118. The van der Waals surface area contributed by atoms with Crippen molar-refractivity contribution in [1.82, 2.24) is 9.47 Å². The molecule has 2 bridgehead atoms. The standard InChI is InChI=1S/C12H12N2O2/c15-8-13-5-9-4-10(7-13)11-2-1-3-12(16)14(11)6-9/h1-4,8-9H,5-7H2. The zero-order valence-corrected chi connectivity index (χ0v) is 8.80. The highest BCUT2D eigenvalue weighted by molar-refractivity contribution is 5.69. The van der Waals surface area contributed by atoms with Gasteiger partial charge in [0.05, 0.1) is 0 Å². The van der Waals surface area contributed by atoms with Gasteiger partial charge in [0, 0.05) is 37.3 Å². The van der Waals surface area contributed by atoms with Crippen molar-refractivity contribution in [2.45, 2.75) is 6.54 Å². The van der Waals surface area contributed by atoms with Gasteiger partial charge in [0.25, 0.3) is 5.56 Å². The zero-order chi connectivity index (χ0) is 11.1. The van der Waals surface area contributed by atoms with Crippen molar-refractivity contribution in [3.05, 3.63) is 40.3 Å². The highest BCUT2D eigenvalue weighted by atomic mass is 16.1. The monoisotopic (exact) mass is 216 g/mol. The van der Waals surface area contributed by atoms with Gasteiger partial charge < -0.3 is 9.47 Å². The molecule has 16 heavy (non-hydrogen) atoms. The Balaban J connectivity index is 2.11. The van der Waals surface area contributed by atoms with Crippen molar-refractivity contribution >= 4 is 12.0 Å². The minimum atomic E-state index is 0.0488. The molecule has 3 rings (SSSR count). The van der Waals surface area contributed by atoms with E-state index in [1.807, 2.05) is 10.6 Å². The molecule has 1 aromatic rings. The highest BCUT2D eigenvalue weighted by Crippen LogP contribution is 2.27. The predicted octanol–water partition coefficient (Wildman–Crippen LogP) is 0.334. The Bertz CT molecular complexity index is 530. The molecule has 0 radical (unpaired) electrons. The van der Waals surface area contributed by atoms with Gasteiger partial charge in [-0.1, -0.05) is 12.1 Å². The molecule has 2 aliphatic rings.